The molecule has 2 aromatic rings. The van der Waals surface area contributed by atoms with E-state index in [1.807, 2.05) is 0 Å². The summed E-state index contributed by atoms with van der Waals surface area (Å²) in [5.41, 5.74) is 5.01. The molecule has 0 spiro atoms. The average molecular weight is 335 g/mol. The molecule has 112 valence electrons. The van der Waals surface area contributed by atoms with E-state index in [2.05, 4.69) is 11.9 Å². The van der Waals surface area contributed by atoms with E-state index in [9.17, 15) is 18.0 Å². The smallest absolute Gasteiger partial charge is 0.397 e. The van der Waals surface area contributed by atoms with Crippen LogP contribution in [0.15, 0.2) is 29.8 Å². The second-order valence-corrected chi connectivity index (χ2v) is 5.84. The van der Waals surface area contributed by atoms with Crippen LogP contribution in [0.25, 0.3) is 10.1 Å². The lowest BCUT2D eigenvalue weighted by Gasteiger charge is -2.06. The summed E-state index contributed by atoms with van der Waals surface area (Å²) in [6.45, 7) is 3.48. The van der Waals surface area contributed by atoms with Gasteiger partial charge in [-0.05, 0) is 18.2 Å². The Balaban J connectivity index is 2.42. The number of anilines is 1. The van der Waals surface area contributed by atoms with Crippen molar-refractivity contribution in [3.8, 4) is 0 Å². The van der Waals surface area contributed by atoms with E-state index in [0.29, 0.717) is 4.70 Å². The van der Waals surface area contributed by atoms with Gasteiger partial charge in [-0.3, -0.25) is 4.79 Å². The molecule has 0 aliphatic rings. The van der Waals surface area contributed by atoms with Gasteiger partial charge in [-0.1, -0.05) is 18.2 Å². The number of nitrogen functional groups attached to an aromatic ring is 1. The fraction of sp³-hybridized carbons (Fsp3) is 0.154. The lowest BCUT2D eigenvalue weighted by atomic mass is 10.1. The monoisotopic (exact) mass is 334 g/mol. The topological polar surface area (TPSA) is 55.1 Å². The van der Waals surface area contributed by atoms with Crippen molar-refractivity contribution in [2.45, 2.75) is 6.18 Å². The van der Waals surface area contributed by atoms with Crippen LogP contribution in [0.4, 0.5) is 18.9 Å². The summed E-state index contributed by atoms with van der Waals surface area (Å²) in [6.07, 6.45) is -4.46. The number of nitrogens with two attached hydrogens (primary N) is 1. The molecule has 3 N–H and O–H groups in total. The molecular formula is C13H10ClF3N2OS. The molecular weight excluding hydrogens is 325 g/mol. The molecule has 8 heteroatoms. The highest BCUT2D eigenvalue weighted by Gasteiger charge is 2.31. The molecule has 1 heterocycles. The highest BCUT2D eigenvalue weighted by Crippen LogP contribution is 2.38. The summed E-state index contributed by atoms with van der Waals surface area (Å²) in [4.78, 5) is 12.1. The summed E-state index contributed by atoms with van der Waals surface area (Å²) >= 11 is 6.56. The summed E-state index contributed by atoms with van der Waals surface area (Å²) in [6, 6.07) is 3.20. The van der Waals surface area contributed by atoms with Crippen LogP contribution in [0.3, 0.4) is 0 Å². The normalized spacial score (nSPS) is 11.6. The minimum absolute atomic E-state index is 0.0267. The van der Waals surface area contributed by atoms with Gasteiger partial charge in [0.2, 0.25) is 0 Å². The predicted molar refractivity (Wildman–Crippen MR) is 78.6 cm³/mol. The fourth-order valence-corrected chi connectivity index (χ4v) is 2.80. The van der Waals surface area contributed by atoms with Gasteiger partial charge in [0.1, 0.15) is 4.88 Å². The third kappa shape index (κ3) is 3.30. The highest BCUT2D eigenvalue weighted by molar-refractivity contribution is 7.21. The Morgan fingerprint density at radius 2 is 2.10 bits per heavy atom. The van der Waals surface area contributed by atoms with Gasteiger partial charge in [-0.25, -0.2) is 0 Å². The van der Waals surface area contributed by atoms with Gasteiger partial charge in [0.25, 0.3) is 5.91 Å². The van der Waals surface area contributed by atoms with E-state index in [0.717, 1.165) is 23.5 Å². The maximum absolute atomic E-state index is 12.7. The molecule has 0 saturated heterocycles. The van der Waals surface area contributed by atoms with Gasteiger partial charge in [0.05, 0.1) is 17.8 Å². The molecule has 3 nitrogen and oxygen atoms in total. The Hall–Kier alpha value is -1.73. The molecule has 0 unspecified atom stereocenters. The molecule has 0 aliphatic carbocycles. The van der Waals surface area contributed by atoms with Crippen LogP contribution >= 0.6 is 22.9 Å². The molecule has 2 rings (SSSR count). The van der Waals surface area contributed by atoms with Crippen molar-refractivity contribution in [1.29, 1.82) is 0 Å². The van der Waals surface area contributed by atoms with Gasteiger partial charge in [-0.2, -0.15) is 13.2 Å². The van der Waals surface area contributed by atoms with Gasteiger partial charge < -0.3 is 11.1 Å². The maximum atomic E-state index is 12.7. The Kier molecular flexibility index (Phi) is 4.15. The number of carbonyl (C=O) groups is 1. The van der Waals surface area contributed by atoms with Crippen LogP contribution in [0.1, 0.15) is 15.2 Å². The van der Waals surface area contributed by atoms with Crippen molar-refractivity contribution < 1.29 is 18.0 Å². The molecule has 21 heavy (non-hydrogen) atoms. The molecule has 1 aromatic carbocycles. The second kappa shape index (κ2) is 5.57. The van der Waals surface area contributed by atoms with Gasteiger partial charge in [0, 0.05) is 15.1 Å². The van der Waals surface area contributed by atoms with E-state index in [1.54, 1.807) is 0 Å². The molecule has 0 fully saturated rings. The van der Waals surface area contributed by atoms with Crippen LogP contribution < -0.4 is 11.1 Å². The number of hydrogen-bond donors (Lipinski definition) is 2. The minimum Gasteiger partial charge on any atom is -0.397 e. The first kappa shape index (κ1) is 15.7. The summed E-state index contributed by atoms with van der Waals surface area (Å²) < 4.78 is 38.6. The molecule has 0 radical (unpaired) electrons. The Morgan fingerprint density at radius 3 is 2.67 bits per heavy atom. The van der Waals surface area contributed by atoms with Gasteiger partial charge in [-0.15, -0.1) is 11.3 Å². The van der Waals surface area contributed by atoms with Crippen molar-refractivity contribution in [3.63, 3.8) is 0 Å². The number of carbonyl (C=O) groups excluding carboxylic acids is 1. The SMILES string of the molecule is C=C(Cl)CNC(=O)c1sc2ccc(C(F)(F)F)cc2c1N. The Morgan fingerprint density at radius 1 is 1.43 bits per heavy atom. The quantitative estimate of drug-likeness (QED) is 0.892. The maximum Gasteiger partial charge on any atom is 0.416 e. The van der Waals surface area contributed by atoms with E-state index in [4.69, 9.17) is 17.3 Å². The largest absolute Gasteiger partial charge is 0.416 e. The molecule has 0 aliphatic heterocycles. The van der Waals surface area contributed by atoms with Crippen LogP contribution in [0.2, 0.25) is 0 Å². The number of fused-ring (bicyclic) bond motifs is 1. The Labute approximate surface area is 127 Å². The van der Waals surface area contributed by atoms with Crippen molar-refractivity contribution >= 4 is 44.6 Å². The number of benzene rings is 1. The first-order valence-electron chi connectivity index (χ1n) is 5.71. The van der Waals surface area contributed by atoms with Crippen LogP contribution in [0.5, 0.6) is 0 Å². The minimum atomic E-state index is -4.46. The zero-order chi connectivity index (χ0) is 15.8. The van der Waals surface area contributed by atoms with Crippen molar-refractivity contribution in [1.82, 2.24) is 5.32 Å². The van der Waals surface area contributed by atoms with E-state index >= 15 is 0 Å². The number of amides is 1. The summed E-state index contributed by atoms with van der Waals surface area (Å²) in [5.74, 6) is -0.496. The fourth-order valence-electron chi connectivity index (χ4n) is 1.72. The van der Waals surface area contributed by atoms with E-state index in [-0.39, 0.29) is 27.5 Å². The third-order valence-corrected chi connectivity index (χ3v) is 4.02. The predicted octanol–water partition coefficient (Wildman–Crippen LogP) is 3.98. The molecule has 1 amide bonds. The van der Waals surface area contributed by atoms with Gasteiger partial charge >= 0.3 is 6.18 Å². The standard InChI is InChI=1S/C13H10ClF3N2OS/c1-6(14)5-19-12(20)11-10(18)8-4-7(13(15,16)17)2-3-9(8)21-11/h2-4H,1,5,18H2,(H,19,20). The lowest BCUT2D eigenvalue weighted by molar-refractivity contribution is -0.137. The number of hydrogen-bond acceptors (Lipinski definition) is 3. The number of halogens is 4. The average Bonchev–Trinajstić information content (AvgIpc) is 2.72. The number of nitrogens with one attached hydrogen (secondary N) is 1. The zero-order valence-corrected chi connectivity index (χ0v) is 12.1. The van der Waals surface area contributed by atoms with E-state index < -0.39 is 17.6 Å². The molecule has 1 aromatic heterocycles. The second-order valence-electron chi connectivity index (χ2n) is 4.25. The third-order valence-electron chi connectivity index (χ3n) is 2.70. The molecule has 0 bridgehead atoms. The van der Waals surface area contributed by atoms with Crippen LogP contribution in [0, 0.1) is 0 Å². The first-order chi connectivity index (χ1) is 9.70. The zero-order valence-electron chi connectivity index (χ0n) is 10.6. The summed E-state index contributed by atoms with van der Waals surface area (Å²) in [5, 5.41) is 2.93. The van der Waals surface area contributed by atoms with Crippen molar-refractivity contribution in [2.24, 2.45) is 0 Å². The molecule has 0 atom stereocenters. The first-order valence-corrected chi connectivity index (χ1v) is 6.90. The van der Waals surface area contributed by atoms with Crippen LogP contribution in [-0.2, 0) is 6.18 Å². The van der Waals surface area contributed by atoms with E-state index in [1.165, 1.54) is 6.07 Å². The van der Waals surface area contributed by atoms with Crippen molar-refractivity contribution in [3.05, 3.63) is 40.3 Å². The summed E-state index contributed by atoms with van der Waals surface area (Å²) in [7, 11) is 0. The van der Waals surface area contributed by atoms with Crippen LogP contribution in [-0.4, -0.2) is 12.5 Å². The molecule has 0 saturated carbocycles. The lowest BCUT2D eigenvalue weighted by Crippen LogP contribution is -2.24. The highest BCUT2D eigenvalue weighted by atomic mass is 35.5. The van der Waals surface area contributed by atoms with Crippen molar-refractivity contribution in [2.75, 3.05) is 12.3 Å². The number of thiophene rings is 1. The Bertz CT molecular complexity index is 724. The number of rotatable bonds is 3. The van der Waals surface area contributed by atoms with Gasteiger partial charge in [0.15, 0.2) is 0 Å². The number of alkyl halides is 3.